The van der Waals surface area contributed by atoms with E-state index in [4.69, 9.17) is 9.47 Å². The van der Waals surface area contributed by atoms with E-state index >= 15 is 0 Å². The number of halogens is 1. The van der Waals surface area contributed by atoms with E-state index in [0.717, 1.165) is 21.1 Å². The summed E-state index contributed by atoms with van der Waals surface area (Å²) in [5, 5.41) is 8.91. The molecule has 3 aromatic rings. The number of anilines is 1. The van der Waals surface area contributed by atoms with Crippen LogP contribution in [0.15, 0.2) is 52.6 Å². The van der Waals surface area contributed by atoms with Crippen molar-refractivity contribution in [2.45, 2.75) is 46.8 Å². The van der Waals surface area contributed by atoms with E-state index in [2.05, 4.69) is 36.9 Å². The molecule has 3 rings (SSSR count). The number of nitrogens with one attached hydrogen (secondary N) is 3. The molecule has 0 spiro atoms. The number of nitrogens with zero attached hydrogens (tertiary/aromatic N) is 1. The first kappa shape index (κ1) is 31.5. The van der Waals surface area contributed by atoms with Crippen LogP contribution in [-0.2, 0) is 20.8 Å². The number of aryl methyl sites for hydroxylation is 2. The van der Waals surface area contributed by atoms with Gasteiger partial charge in [0.05, 0.1) is 28.3 Å². The molecule has 0 unspecified atom stereocenters. The number of amides is 3. The lowest BCUT2D eigenvalue weighted by Crippen LogP contribution is -2.28. The maximum atomic E-state index is 13.0. The zero-order chi connectivity index (χ0) is 30.3. The Morgan fingerprint density at radius 2 is 1.78 bits per heavy atom. The number of esters is 1. The van der Waals surface area contributed by atoms with Crippen LogP contribution in [0, 0.1) is 13.8 Å². The predicted molar refractivity (Wildman–Crippen MR) is 161 cm³/mol. The third-order valence-corrected chi connectivity index (χ3v) is 7.05. The highest BCUT2D eigenvalue weighted by Gasteiger charge is 2.20. The second kappa shape index (κ2) is 13.6. The van der Waals surface area contributed by atoms with E-state index < -0.39 is 23.6 Å². The third-order valence-electron chi connectivity index (χ3n) is 5.37. The van der Waals surface area contributed by atoms with Gasteiger partial charge in [0.15, 0.2) is 0 Å². The molecule has 3 N–H and O–H groups in total. The van der Waals surface area contributed by atoms with Crippen molar-refractivity contribution in [1.82, 2.24) is 15.6 Å². The second-order valence-electron chi connectivity index (χ2n) is 9.89. The van der Waals surface area contributed by atoms with Gasteiger partial charge in [-0.25, -0.2) is 14.6 Å². The standard InChI is InChI=1S/C29H31BrN4O6S/c1-16-24(41-17(2)32-16)14-23(27(37)39-6)34-26(36)21-11-10-19(13-22(21)30)25(35)31-15-18-8-7-9-20(12-18)33-28(38)40-29(3,4)5/h7-14H,15H2,1-6H3,(H,31,35)(H,33,38)(H,34,36)/b23-14-. The second-order valence-corrected chi connectivity index (χ2v) is 12.0. The Hall–Kier alpha value is -4.03. The fourth-order valence-corrected chi connectivity index (χ4v) is 4.99. The summed E-state index contributed by atoms with van der Waals surface area (Å²) in [6.45, 7) is 9.19. The number of hydrogen-bond acceptors (Lipinski definition) is 8. The highest BCUT2D eigenvalue weighted by atomic mass is 79.9. The molecule has 41 heavy (non-hydrogen) atoms. The number of hydrogen-bond donors (Lipinski definition) is 3. The van der Waals surface area contributed by atoms with Gasteiger partial charge >= 0.3 is 12.1 Å². The van der Waals surface area contributed by atoms with Crippen LogP contribution in [0.3, 0.4) is 0 Å². The maximum absolute atomic E-state index is 13.0. The Morgan fingerprint density at radius 3 is 2.39 bits per heavy atom. The topological polar surface area (TPSA) is 136 Å². The number of benzene rings is 2. The van der Waals surface area contributed by atoms with Crippen molar-refractivity contribution in [2.75, 3.05) is 12.4 Å². The van der Waals surface area contributed by atoms with Gasteiger partial charge in [-0.1, -0.05) is 12.1 Å². The number of rotatable bonds is 8. The number of aromatic nitrogens is 1. The number of methoxy groups -OCH3 is 1. The van der Waals surface area contributed by atoms with Gasteiger partial charge in [-0.3, -0.25) is 14.9 Å². The summed E-state index contributed by atoms with van der Waals surface area (Å²) in [7, 11) is 1.23. The van der Waals surface area contributed by atoms with E-state index in [1.54, 1.807) is 39.0 Å². The highest BCUT2D eigenvalue weighted by molar-refractivity contribution is 9.10. The molecule has 0 atom stereocenters. The van der Waals surface area contributed by atoms with Gasteiger partial charge in [0.2, 0.25) is 0 Å². The van der Waals surface area contributed by atoms with Crippen LogP contribution in [0.2, 0.25) is 0 Å². The minimum absolute atomic E-state index is 0.0404. The van der Waals surface area contributed by atoms with Gasteiger partial charge in [0, 0.05) is 22.3 Å². The SMILES string of the molecule is COC(=O)/C(=C/c1sc(C)nc1C)NC(=O)c1ccc(C(=O)NCc2cccc(NC(=O)OC(C)(C)C)c2)cc1Br. The average molecular weight is 644 g/mol. The van der Waals surface area contributed by atoms with Crippen LogP contribution in [0.25, 0.3) is 6.08 Å². The molecule has 216 valence electrons. The predicted octanol–water partition coefficient (Wildman–Crippen LogP) is 5.74. The first-order valence-electron chi connectivity index (χ1n) is 12.5. The third kappa shape index (κ3) is 9.25. The lowest BCUT2D eigenvalue weighted by molar-refractivity contribution is -0.136. The average Bonchev–Trinajstić information content (AvgIpc) is 3.21. The number of ether oxygens (including phenoxy) is 2. The van der Waals surface area contributed by atoms with Gasteiger partial charge in [-0.05, 0) is 92.5 Å². The first-order chi connectivity index (χ1) is 19.3. The molecule has 10 nitrogen and oxygen atoms in total. The molecule has 1 aromatic heterocycles. The minimum atomic E-state index is -0.707. The van der Waals surface area contributed by atoms with Crippen molar-refractivity contribution < 1.29 is 28.7 Å². The summed E-state index contributed by atoms with van der Waals surface area (Å²) in [5.41, 5.74) is 1.89. The summed E-state index contributed by atoms with van der Waals surface area (Å²) in [6, 6.07) is 11.5. The summed E-state index contributed by atoms with van der Waals surface area (Å²) in [6.07, 6.45) is 0.952. The van der Waals surface area contributed by atoms with Gasteiger partial charge in [-0.2, -0.15) is 0 Å². The fourth-order valence-electron chi connectivity index (χ4n) is 3.56. The summed E-state index contributed by atoms with van der Waals surface area (Å²) < 4.78 is 10.5. The number of carbonyl (C=O) groups excluding carboxylic acids is 4. The monoisotopic (exact) mass is 642 g/mol. The molecular formula is C29H31BrN4O6S. The normalized spacial score (nSPS) is 11.4. The van der Waals surface area contributed by atoms with Gasteiger partial charge < -0.3 is 20.1 Å². The van der Waals surface area contributed by atoms with E-state index in [1.165, 1.54) is 42.7 Å². The Balaban J connectivity index is 1.67. The Kier molecular flexibility index (Phi) is 10.4. The lowest BCUT2D eigenvalue weighted by atomic mass is 10.1. The highest BCUT2D eigenvalue weighted by Crippen LogP contribution is 2.22. The summed E-state index contributed by atoms with van der Waals surface area (Å²) >= 11 is 4.74. The zero-order valence-corrected chi connectivity index (χ0v) is 25.9. The molecule has 0 aliphatic carbocycles. The molecule has 0 bridgehead atoms. The van der Waals surface area contributed by atoms with E-state index in [9.17, 15) is 19.2 Å². The minimum Gasteiger partial charge on any atom is -0.464 e. The van der Waals surface area contributed by atoms with Crippen LogP contribution in [0.5, 0.6) is 0 Å². The Morgan fingerprint density at radius 1 is 1.05 bits per heavy atom. The molecule has 0 saturated heterocycles. The molecule has 0 saturated carbocycles. The van der Waals surface area contributed by atoms with Gasteiger partial charge in [0.1, 0.15) is 11.3 Å². The van der Waals surface area contributed by atoms with Gasteiger partial charge in [-0.15, -0.1) is 11.3 Å². The molecule has 0 radical (unpaired) electrons. The molecular weight excluding hydrogens is 612 g/mol. The summed E-state index contributed by atoms with van der Waals surface area (Å²) in [5.74, 6) is -1.63. The van der Waals surface area contributed by atoms with Crippen molar-refractivity contribution in [2.24, 2.45) is 0 Å². The molecule has 2 aromatic carbocycles. The van der Waals surface area contributed by atoms with E-state index in [1.807, 2.05) is 19.9 Å². The molecule has 1 heterocycles. The van der Waals surface area contributed by atoms with Gasteiger partial charge in [0.25, 0.3) is 11.8 Å². The van der Waals surface area contributed by atoms with Crippen LogP contribution in [0.1, 0.15) is 62.6 Å². The van der Waals surface area contributed by atoms with Crippen molar-refractivity contribution in [3.63, 3.8) is 0 Å². The lowest BCUT2D eigenvalue weighted by Gasteiger charge is -2.19. The van der Waals surface area contributed by atoms with Crippen LogP contribution in [0.4, 0.5) is 10.5 Å². The van der Waals surface area contributed by atoms with E-state index in [-0.39, 0.29) is 23.7 Å². The van der Waals surface area contributed by atoms with Crippen LogP contribution < -0.4 is 16.0 Å². The fraction of sp³-hybridized carbons (Fsp3) is 0.276. The number of thiazole rings is 1. The van der Waals surface area contributed by atoms with Crippen molar-refractivity contribution >= 4 is 62.9 Å². The zero-order valence-electron chi connectivity index (χ0n) is 23.5. The van der Waals surface area contributed by atoms with E-state index in [0.29, 0.717) is 15.7 Å². The molecule has 0 aliphatic heterocycles. The smallest absolute Gasteiger partial charge is 0.412 e. The van der Waals surface area contributed by atoms with Crippen molar-refractivity contribution in [3.8, 4) is 0 Å². The molecule has 3 amide bonds. The van der Waals surface area contributed by atoms with Crippen LogP contribution >= 0.6 is 27.3 Å². The van der Waals surface area contributed by atoms with Crippen LogP contribution in [-0.4, -0.2) is 41.6 Å². The quantitative estimate of drug-likeness (QED) is 0.210. The maximum Gasteiger partial charge on any atom is 0.412 e. The van der Waals surface area contributed by atoms with Crippen molar-refractivity contribution in [1.29, 1.82) is 0 Å². The molecule has 0 aliphatic rings. The Bertz CT molecular complexity index is 1510. The van der Waals surface area contributed by atoms with Crippen molar-refractivity contribution in [3.05, 3.63) is 84.9 Å². The molecule has 12 heteroatoms. The summed E-state index contributed by atoms with van der Waals surface area (Å²) in [4.78, 5) is 55.3. The molecule has 0 fully saturated rings. The number of carbonyl (C=O) groups is 4. The first-order valence-corrected chi connectivity index (χ1v) is 14.1. The Labute approximate surface area is 250 Å². The largest absolute Gasteiger partial charge is 0.464 e.